The van der Waals surface area contributed by atoms with Gasteiger partial charge < -0.3 is 9.47 Å². The van der Waals surface area contributed by atoms with Gasteiger partial charge in [0.1, 0.15) is 5.75 Å². The van der Waals surface area contributed by atoms with Crippen LogP contribution in [0.4, 0.5) is 13.2 Å². The molecule has 0 bridgehead atoms. The SMILES string of the molecule is COc1cc(CBr)nc(OC(F)(F)F)c1C. The van der Waals surface area contributed by atoms with E-state index in [9.17, 15) is 13.2 Å². The van der Waals surface area contributed by atoms with Gasteiger partial charge in [0.25, 0.3) is 0 Å². The van der Waals surface area contributed by atoms with E-state index in [1.807, 2.05) is 0 Å². The summed E-state index contributed by atoms with van der Waals surface area (Å²) in [6.45, 7) is 1.45. The summed E-state index contributed by atoms with van der Waals surface area (Å²) in [5.74, 6) is -0.176. The van der Waals surface area contributed by atoms with Crippen molar-refractivity contribution in [3.8, 4) is 11.6 Å². The van der Waals surface area contributed by atoms with Crippen molar-refractivity contribution < 1.29 is 22.6 Å². The Balaban J connectivity index is 3.16. The molecule has 1 aromatic heterocycles. The lowest BCUT2D eigenvalue weighted by Gasteiger charge is -2.13. The maximum atomic E-state index is 12.1. The topological polar surface area (TPSA) is 31.4 Å². The van der Waals surface area contributed by atoms with Crippen molar-refractivity contribution >= 4 is 15.9 Å². The van der Waals surface area contributed by atoms with Gasteiger partial charge in [-0.25, -0.2) is 4.98 Å². The Labute approximate surface area is 98.7 Å². The van der Waals surface area contributed by atoms with Crippen molar-refractivity contribution in [2.45, 2.75) is 18.6 Å². The molecule has 0 saturated heterocycles. The minimum atomic E-state index is -4.76. The Hall–Kier alpha value is -0.980. The summed E-state index contributed by atoms with van der Waals surface area (Å²) >= 11 is 3.10. The summed E-state index contributed by atoms with van der Waals surface area (Å²) in [6.07, 6.45) is -4.76. The number of nitrogens with zero attached hydrogens (tertiary/aromatic N) is 1. The van der Waals surface area contributed by atoms with E-state index in [2.05, 4.69) is 25.7 Å². The zero-order valence-corrected chi connectivity index (χ0v) is 10.1. The fraction of sp³-hybridized carbons (Fsp3) is 0.444. The van der Waals surface area contributed by atoms with Gasteiger partial charge in [-0.3, -0.25) is 0 Å². The monoisotopic (exact) mass is 299 g/mol. The number of alkyl halides is 4. The number of hydrogen-bond donors (Lipinski definition) is 0. The van der Waals surface area contributed by atoms with Gasteiger partial charge >= 0.3 is 6.36 Å². The number of rotatable bonds is 3. The maximum Gasteiger partial charge on any atom is 0.574 e. The van der Waals surface area contributed by atoms with Crippen LogP contribution in [0, 0.1) is 6.92 Å². The first-order valence-electron chi connectivity index (χ1n) is 4.23. The second kappa shape index (κ2) is 4.90. The van der Waals surface area contributed by atoms with Crippen LogP contribution in [-0.4, -0.2) is 18.5 Å². The molecule has 1 heterocycles. The van der Waals surface area contributed by atoms with Crippen molar-refractivity contribution in [3.05, 3.63) is 17.3 Å². The number of pyridine rings is 1. The third-order valence-corrected chi connectivity index (χ3v) is 2.38. The first-order chi connectivity index (χ1) is 7.37. The Morgan fingerprint density at radius 3 is 2.50 bits per heavy atom. The van der Waals surface area contributed by atoms with E-state index in [0.29, 0.717) is 16.8 Å². The Morgan fingerprint density at radius 2 is 2.06 bits per heavy atom. The zero-order valence-electron chi connectivity index (χ0n) is 8.56. The largest absolute Gasteiger partial charge is 0.574 e. The van der Waals surface area contributed by atoms with Crippen molar-refractivity contribution in [2.24, 2.45) is 0 Å². The number of aromatic nitrogens is 1. The molecule has 0 spiro atoms. The van der Waals surface area contributed by atoms with Gasteiger partial charge in [-0.1, -0.05) is 15.9 Å². The van der Waals surface area contributed by atoms with Crippen LogP contribution in [-0.2, 0) is 5.33 Å². The van der Waals surface area contributed by atoms with Crippen LogP contribution >= 0.6 is 15.9 Å². The van der Waals surface area contributed by atoms with Crippen LogP contribution in [0.15, 0.2) is 6.07 Å². The third kappa shape index (κ3) is 3.26. The molecule has 1 rings (SSSR count). The van der Waals surface area contributed by atoms with Gasteiger partial charge in [0.05, 0.1) is 18.4 Å². The summed E-state index contributed by atoms with van der Waals surface area (Å²) < 4.78 is 45.0. The van der Waals surface area contributed by atoms with Crippen LogP contribution in [0.25, 0.3) is 0 Å². The molecule has 0 amide bonds. The molecular formula is C9H9BrF3NO2. The summed E-state index contributed by atoms with van der Waals surface area (Å²) in [5, 5.41) is 0.317. The van der Waals surface area contributed by atoms with E-state index in [1.165, 1.54) is 14.0 Å². The van der Waals surface area contributed by atoms with E-state index < -0.39 is 12.2 Å². The minimum absolute atomic E-state index is 0.213. The summed E-state index contributed by atoms with van der Waals surface area (Å²) in [4.78, 5) is 3.72. The molecule has 16 heavy (non-hydrogen) atoms. The quantitative estimate of drug-likeness (QED) is 0.803. The molecule has 0 unspecified atom stereocenters. The predicted molar refractivity (Wildman–Crippen MR) is 54.8 cm³/mol. The van der Waals surface area contributed by atoms with Gasteiger partial charge in [-0.2, -0.15) is 0 Å². The van der Waals surface area contributed by atoms with Gasteiger partial charge in [0.15, 0.2) is 0 Å². The minimum Gasteiger partial charge on any atom is -0.496 e. The van der Waals surface area contributed by atoms with Gasteiger partial charge in [0.2, 0.25) is 5.88 Å². The molecule has 3 nitrogen and oxygen atoms in total. The average Bonchev–Trinajstić information content (AvgIpc) is 2.19. The van der Waals surface area contributed by atoms with E-state index in [-0.39, 0.29) is 5.56 Å². The van der Waals surface area contributed by atoms with Gasteiger partial charge in [0, 0.05) is 11.4 Å². The highest BCUT2D eigenvalue weighted by Crippen LogP contribution is 2.31. The molecule has 7 heteroatoms. The van der Waals surface area contributed by atoms with Gasteiger partial charge in [-0.05, 0) is 6.92 Å². The molecule has 0 aliphatic heterocycles. The number of methoxy groups -OCH3 is 1. The lowest BCUT2D eigenvalue weighted by Crippen LogP contribution is -2.19. The molecule has 0 fully saturated rings. The molecule has 0 atom stereocenters. The smallest absolute Gasteiger partial charge is 0.496 e. The van der Waals surface area contributed by atoms with Crippen molar-refractivity contribution in [3.63, 3.8) is 0 Å². The van der Waals surface area contributed by atoms with E-state index in [0.717, 1.165) is 0 Å². The van der Waals surface area contributed by atoms with Crippen LogP contribution in [0.5, 0.6) is 11.6 Å². The summed E-state index contributed by atoms with van der Waals surface area (Å²) in [5.41, 5.74) is 0.617. The molecule has 0 aliphatic rings. The summed E-state index contributed by atoms with van der Waals surface area (Å²) in [6, 6.07) is 1.55. The fourth-order valence-electron chi connectivity index (χ4n) is 1.10. The number of halogens is 4. The van der Waals surface area contributed by atoms with Gasteiger partial charge in [-0.15, -0.1) is 13.2 Å². The van der Waals surface area contributed by atoms with Crippen molar-refractivity contribution in [1.82, 2.24) is 4.98 Å². The Morgan fingerprint density at radius 1 is 1.44 bits per heavy atom. The van der Waals surface area contributed by atoms with Crippen LogP contribution < -0.4 is 9.47 Å². The zero-order chi connectivity index (χ0) is 12.3. The lowest BCUT2D eigenvalue weighted by atomic mass is 10.2. The first kappa shape index (κ1) is 13.1. The molecule has 0 aromatic carbocycles. The highest BCUT2D eigenvalue weighted by Gasteiger charge is 2.33. The van der Waals surface area contributed by atoms with E-state index in [1.54, 1.807) is 6.07 Å². The van der Waals surface area contributed by atoms with Crippen molar-refractivity contribution in [1.29, 1.82) is 0 Å². The summed E-state index contributed by atoms with van der Waals surface area (Å²) in [7, 11) is 1.37. The Bertz CT molecular complexity index is 382. The van der Waals surface area contributed by atoms with E-state index >= 15 is 0 Å². The maximum absolute atomic E-state index is 12.1. The average molecular weight is 300 g/mol. The van der Waals surface area contributed by atoms with Crippen LogP contribution in [0.1, 0.15) is 11.3 Å². The molecular weight excluding hydrogens is 291 g/mol. The van der Waals surface area contributed by atoms with Crippen molar-refractivity contribution in [2.75, 3.05) is 7.11 Å². The highest BCUT2D eigenvalue weighted by atomic mass is 79.9. The second-order valence-corrected chi connectivity index (χ2v) is 3.49. The molecule has 0 radical (unpaired) electrons. The molecule has 90 valence electrons. The second-order valence-electron chi connectivity index (χ2n) is 2.93. The third-order valence-electron chi connectivity index (χ3n) is 1.80. The number of ether oxygens (including phenoxy) is 2. The van der Waals surface area contributed by atoms with E-state index in [4.69, 9.17) is 4.74 Å². The standard InChI is InChI=1S/C9H9BrF3NO2/c1-5-7(15-2)3-6(4-10)14-8(5)16-9(11,12)13/h3H,4H2,1-2H3. The predicted octanol–water partition coefficient (Wildman–Crippen LogP) is 3.19. The molecule has 0 saturated carbocycles. The first-order valence-corrected chi connectivity index (χ1v) is 5.35. The molecule has 0 aliphatic carbocycles. The normalized spacial score (nSPS) is 11.4. The molecule has 1 aromatic rings. The lowest BCUT2D eigenvalue weighted by molar-refractivity contribution is -0.276. The Kier molecular flexibility index (Phi) is 4.01. The fourth-order valence-corrected chi connectivity index (χ4v) is 1.39. The highest BCUT2D eigenvalue weighted by molar-refractivity contribution is 9.08. The van der Waals surface area contributed by atoms with Crippen LogP contribution in [0.3, 0.4) is 0 Å². The number of hydrogen-bond acceptors (Lipinski definition) is 3. The molecule has 0 N–H and O–H groups in total. The van der Waals surface area contributed by atoms with Crippen LogP contribution in [0.2, 0.25) is 0 Å².